The lowest BCUT2D eigenvalue weighted by Gasteiger charge is -2.15. The van der Waals surface area contributed by atoms with Crippen LogP contribution in [0.4, 0.5) is 0 Å². The number of carbonyl (C=O) groups excluding carboxylic acids is 1. The van der Waals surface area contributed by atoms with Gasteiger partial charge in [0.1, 0.15) is 0 Å². The highest BCUT2D eigenvalue weighted by molar-refractivity contribution is 7.99. The van der Waals surface area contributed by atoms with Crippen molar-refractivity contribution in [1.29, 1.82) is 0 Å². The van der Waals surface area contributed by atoms with Crippen LogP contribution in [0.5, 0.6) is 0 Å². The van der Waals surface area contributed by atoms with E-state index in [1.807, 2.05) is 39.8 Å². The molecule has 0 bridgehead atoms. The Morgan fingerprint density at radius 3 is 2.63 bits per heavy atom. The molecule has 27 heavy (non-hydrogen) atoms. The number of nitrogens with zero attached hydrogens (tertiary/aromatic N) is 4. The predicted octanol–water partition coefficient (Wildman–Crippen LogP) is 3.50. The molecule has 0 radical (unpaired) electrons. The summed E-state index contributed by atoms with van der Waals surface area (Å²) in [6.07, 6.45) is 4.70. The molecule has 0 spiro atoms. The smallest absolute Gasteiger partial charge is 0.233 e. The second kappa shape index (κ2) is 8.43. The highest BCUT2D eigenvalue weighted by Gasteiger charge is 2.21. The van der Waals surface area contributed by atoms with E-state index < -0.39 is 0 Å². The Balaban J connectivity index is 1.50. The highest BCUT2D eigenvalue weighted by Crippen LogP contribution is 2.25. The van der Waals surface area contributed by atoms with Crippen LogP contribution >= 0.6 is 11.8 Å². The molecule has 2 aromatic heterocycles. The summed E-state index contributed by atoms with van der Waals surface area (Å²) < 4.78 is 7.57. The van der Waals surface area contributed by atoms with Crippen LogP contribution in [-0.4, -0.2) is 44.4 Å². The molecule has 1 aliphatic heterocycles. The molecule has 0 saturated carbocycles. The maximum Gasteiger partial charge on any atom is 0.233 e. The Morgan fingerprint density at radius 2 is 1.89 bits per heavy atom. The molecule has 1 amide bonds. The monoisotopic (exact) mass is 382 g/mol. The van der Waals surface area contributed by atoms with E-state index in [1.165, 1.54) is 17.3 Å². The fourth-order valence-corrected chi connectivity index (χ4v) is 4.12. The first-order valence-corrected chi connectivity index (χ1v) is 10.2. The lowest BCUT2D eigenvalue weighted by molar-refractivity contribution is -0.127. The highest BCUT2D eigenvalue weighted by atomic mass is 32.2. The van der Waals surface area contributed by atoms with Gasteiger partial charge in [0, 0.05) is 19.6 Å². The topological polar surface area (TPSA) is 64.2 Å². The van der Waals surface area contributed by atoms with Crippen molar-refractivity contribution in [2.45, 2.75) is 31.0 Å². The molecule has 4 rings (SSSR count). The van der Waals surface area contributed by atoms with Gasteiger partial charge in [-0.1, -0.05) is 42.1 Å². The minimum Gasteiger partial charge on any atom is -0.461 e. The van der Waals surface area contributed by atoms with Crippen molar-refractivity contribution in [2.24, 2.45) is 0 Å². The van der Waals surface area contributed by atoms with E-state index >= 15 is 0 Å². The summed E-state index contributed by atoms with van der Waals surface area (Å²) in [5.74, 6) is 1.96. The summed E-state index contributed by atoms with van der Waals surface area (Å²) in [6.45, 7) is 2.47. The molecule has 7 heteroatoms. The summed E-state index contributed by atoms with van der Waals surface area (Å²) in [4.78, 5) is 14.3. The second-order valence-corrected chi connectivity index (χ2v) is 7.49. The van der Waals surface area contributed by atoms with E-state index in [2.05, 4.69) is 22.3 Å². The van der Waals surface area contributed by atoms with Gasteiger partial charge in [-0.3, -0.25) is 9.36 Å². The van der Waals surface area contributed by atoms with Gasteiger partial charge < -0.3 is 9.32 Å². The molecule has 0 N–H and O–H groups in total. The van der Waals surface area contributed by atoms with Crippen LogP contribution in [0.3, 0.4) is 0 Å². The van der Waals surface area contributed by atoms with Gasteiger partial charge in [-0.25, -0.2) is 0 Å². The number of benzene rings is 1. The number of aromatic nitrogens is 3. The summed E-state index contributed by atoms with van der Waals surface area (Å²) in [5, 5.41) is 9.40. The first-order valence-electron chi connectivity index (χ1n) is 9.23. The van der Waals surface area contributed by atoms with Crippen molar-refractivity contribution in [3.63, 3.8) is 0 Å². The van der Waals surface area contributed by atoms with E-state index in [9.17, 15) is 4.79 Å². The fourth-order valence-electron chi connectivity index (χ4n) is 3.25. The number of carbonyl (C=O) groups is 1. The molecule has 0 atom stereocenters. The molecule has 0 unspecified atom stereocenters. The van der Waals surface area contributed by atoms with Crippen molar-refractivity contribution in [3.05, 3.63) is 54.3 Å². The SMILES string of the molecule is O=C(CSc1nnc(-c2ccco2)n1CCc1ccccc1)N1CCCC1. The van der Waals surface area contributed by atoms with E-state index in [1.54, 1.807) is 6.26 Å². The maximum atomic E-state index is 12.4. The van der Waals surface area contributed by atoms with Gasteiger partial charge in [-0.05, 0) is 37.0 Å². The zero-order chi connectivity index (χ0) is 18.5. The molecule has 1 aromatic carbocycles. The van der Waals surface area contributed by atoms with E-state index in [4.69, 9.17) is 4.42 Å². The summed E-state index contributed by atoms with van der Waals surface area (Å²) in [5.41, 5.74) is 1.25. The molecular formula is C20H22N4O2S. The average molecular weight is 382 g/mol. The molecule has 0 aliphatic carbocycles. The van der Waals surface area contributed by atoms with E-state index in [0.717, 1.165) is 44.1 Å². The molecule has 140 valence electrons. The number of likely N-dealkylation sites (tertiary alicyclic amines) is 1. The number of thioether (sulfide) groups is 1. The standard InChI is InChI=1S/C20H22N4O2S/c25-18(23-11-4-5-12-23)15-27-20-22-21-19(17-9-6-14-26-17)24(20)13-10-16-7-2-1-3-8-16/h1-3,6-9,14H,4-5,10-13,15H2. The Hall–Kier alpha value is -2.54. The molecule has 1 saturated heterocycles. The number of hydrogen-bond donors (Lipinski definition) is 0. The molecule has 3 aromatic rings. The van der Waals surface area contributed by atoms with Crippen molar-refractivity contribution in [1.82, 2.24) is 19.7 Å². The molecule has 1 fully saturated rings. The number of aryl methyl sites for hydroxylation is 1. The van der Waals surface area contributed by atoms with Crippen LogP contribution in [0.2, 0.25) is 0 Å². The van der Waals surface area contributed by atoms with Crippen LogP contribution in [0.25, 0.3) is 11.6 Å². The van der Waals surface area contributed by atoms with Gasteiger partial charge in [-0.15, -0.1) is 10.2 Å². The van der Waals surface area contributed by atoms with Crippen LogP contribution in [0, 0.1) is 0 Å². The Kier molecular flexibility index (Phi) is 5.58. The quantitative estimate of drug-likeness (QED) is 0.585. The van der Waals surface area contributed by atoms with Crippen LogP contribution in [0.15, 0.2) is 58.3 Å². The van der Waals surface area contributed by atoms with Gasteiger partial charge in [-0.2, -0.15) is 0 Å². The van der Waals surface area contributed by atoms with Crippen LogP contribution in [0.1, 0.15) is 18.4 Å². The van der Waals surface area contributed by atoms with Crippen molar-refractivity contribution in [2.75, 3.05) is 18.8 Å². The minimum atomic E-state index is 0.176. The fraction of sp³-hybridized carbons (Fsp3) is 0.350. The maximum absolute atomic E-state index is 12.4. The van der Waals surface area contributed by atoms with Crippen molar-refractivity contribution in [3.8, 4) is 11.6 Å². The van der Waals surface area contributed by atoms with Gasteiger partial charge in [0.05, 0.1) is 12.0 Å². The largest absolute Gasteiger partial charge is 0.461 e. The van der Waals surface area contributed by atoms with Crippen molar-refractivity contribution < 1.29 is 9.21 Å². The summed E-state index contributed by atoms with van der Waals surface area (Å²) in [6, 6.07) is 14.0. The number of rotatable bonds is 7. The van der Waals surface area contributed by atoms with E-state index in [-0.39, 0.29) is 5.91 Å². The number of furan rings is 1. The molecule has 1 aliphatic rings. The van der Waals surface area contributed by atoms with Gasteiger partial charge in [0.2, 0.25) is 5.91 Å². The number of hydrogen-bond acceptors (Lipinski definition) is 5. The lowest BCUT2D eigenvalue weighted by atomic mass is 10.1. The predicted molar refractivity (Wildman–Crippen MR) is 104 cm³/mol. The van der Waals surface area contributed by atoms with Gasteiger partial charge >= 0.3 is 0 Å². The van der Waals surface area contributed by atoms with Gasteiger partial charge in [0.25, 0.3) is 0 Å². The van der Waals surface area contributed by atoms with Gasteiger partial charge in [0.15, 0.2) is 16.7 Å². The third-order valence-electron chi connectivity index (χ3n) is 4.71. The Morgan fingerprint density at radius 1 is 1.07 bits per heavy atom. The Labute approximate surface area is 162 Å². The van der Waals surface area contributed by atoms with Crippen LogP contribution < -0.4 is 0 Å². The number of amides is 1. The molecule has 3 heterocycles. The third kappa shape index (κ3) is 4.24. The summed E-state index contributed by atoms with van der Waals surface area (Å²) in [7, 11) is 0. The Bertz CT molecular complexity index is 871. The second-order valence-electron chi connectivity index (χ2n) is 6.55. The minimum absolute atomic E-state index is 0.176. The van der Waals surface area contributed by atoms with Crippen LogP contribution in [-0.2, 0) is 17.8 Å². The molecule has 6 nitrogen and oxygen atoms in total. The third-order valence-corrected chi connectivity index (χ3v) is 5.66. The zero-order valence-corrected chi connectivity index (χ0v) is 15.9. The lowest BCUT2D eigenvalue weighted by Crippen LogP contribution is -2.29. The van der Waals surface area contributed by atoms with E-state index in [0.29, 0.717) is 17.3 Å². The first kappa shape index (κ1) is 17.9. The average Bonchev–Trinajstić information content (AvgIpc) is 3.47. The summed E-state index contributed by atoms with van der Waals surface area (Å²) >= 11 is 1.45. The normalized spacial score (nSPS) is 14.0. The van der Waals surface area contributed by atoms with Crippen molar-refractivity contribution >= 4 is 17.7 Å². The zero-order valence-electron chi connectivity index (χ0n) is 15.1. The molecular weight excluding hydrogens is 360 g/mol. The first-order chi connectivity index (χ1) is 13.3.